The third kappa shape index (κ3) is 1.38. The van der Waals surface area contributed by atoms with Crippen LogP contribution >= 0.6 is 0 Å². The Balaban J connectivity index is 2.19. The number of hydrogen-bond donors (Lipinski definition) is 1. The zero-order valence-corrected chi connectivity index (χ0v) is 7.97. The molecule has 0 aromatic heterocycles. The molecule has 1 N–H and O–H groups in total. The van der Waals surface area contributed by atoms with Gasteiger partial charge < -0.3 is 9.84 Å². The van der Waals surface area contributed by atoms with E-state index in [2.05, 4.69) is 13.8 Å². The molecule has 2 aliphatic heterocycles. The fraction of sp³-hybridized carbons (Fsp3) is 1.00. The summed E-state index contributed by atoms with van der Waals surface area (Å²) in [4.78, 5) is 0. The molecule has 70 valence electrons. The first-order chi connectivity index (χ1) is 5.52. The summed E-state index contributed by atoms with van der Waals surface area (Å²) < 4.78 is 5.72. The molecule has 12 heavy (non-hydrogen) atoms. The van der Waals surface area contributed by atoms with Crippen molar-refractivity contribution in [1.29, 1.82) is 0 Å². The number of rotatable bonds is 0. The van der Waals surface area contributed by atoms with Gasteiger partial charge in [-0.1, -0.05) is 6.92 Å². The second-order valence-corrected chi connectivity index (χ2v) is 4.87. The molecule has 2 nitrogen and oxygen atoms in total. The largest absolute Gasteiger partial charge is 0.365 e. The highest BCUT2D eigenvalue weighted by atomic mass is 16.6. The third-order valence-electron chi connectivity index (χ3n) is 3.16. The normalized spacial score (nSPS) is 53.8. The summed E-state index contributed by atoms with van der Waals surface area (Å²) in [6, 6.07) is 0. The van der Waals surface area contributed by atoms with Gasteiger partial charge in [0.05, 0.1) is 5.60 Å². The van der Waals surface area contributed by atoms with Crippen LogP contribution in [0.3, 0.4) is 0 Å². The Kier molecular flexibility index (Phi) is 1.74. The Morgan fingerprint density at radius 1 is 1.33 bits per heavy atom. The maximum absolute atomic E-state index is 10.0. The van der Waals surface area contributed by atoms with Crippen molar-refractivity contribution in [3.8, 4) is 0 Å². The van der Waals surface area contributed by atoms with Crippen molar-refractivity contribution in [2.45, 2.75) is 57.3 Å². The van der Waals surface area contributed by atoms with Gasteiger partial charge in [0, 0.05) is 12.8 Å². The molecule has 0 aromatic rings. The number of fused-ring (bicyclic) bond motifs is 2. The maximum Gasteiger partial charge on any atom is 0.166 e. The molecule has 0 aromatic carbocycles. The Hall–Kier alpha value is -0.0800. The zero-order chi connectivity index (χ0) is 8.82. The maximum atomic E-state index is 10.0. The molecule has 2 heteroatoms. The second-order valence-electron chi connectivity index (χ2n) is 4.87. The van der Waals surface area contributed by atoms with E-state index in [0.717, 1.165) is 32.1 Å². The Bertz CT molecular complexity index is 174. The highest BCUT2D eigenvalue weighted by molar-refractivity contribution is 4.92. The van der Waals surface area contributed by atoms with Crippen LogP contribution in [0.4, 0.5) is 0 Å². The van der Waals surface area contributed by atoms with Crippen molar-refractivity contribution in [3.63, 3.8) is 0 Å². The van der Waals surface area contributed by atoms with Crippen molar-refractivity contribution in [1.82, 2.24) is 0 Å². The molecule has 2 rings (SSSR count). The molecule has 1 unspecified atom stereocenters. The molecule has 2 fully saturated rings. The Morgan fingerprint density at radius 2 is 2.08 bits per heavy atom. The molecule has 0 radical (unpaired) electrons. The topological polar surface area (TPSA) is 29.5 Å². The quantitative estimate of drug-likeness (QED) is 0.603. The third-order valence-corrected chi connectivity index (χ3v) is 3.16. The minimum atomic E-state index is -0.787. The van der Waals surface area contributed by atoms with E-state index in [1.54, 1.807) is 0 Å². The molecule has 0 spiro atoms. The van der Waals surface area contributed by atoms with Crippen molar-refractivity contribution in [3.05, 3.63) is 0 Å². The van der Waals surface area contributed by atoms with Gasteiger partial charge in [0.1, 0.15) is 0 Å². The summed E-state index contributed by atoms with van der Waals surface area (Å²) in [6.45, 7) is 4.34. The lowest BCUT2D eigenvalue weighted by molar-refractivity contribution is -0.319. The molecule has 2 bridgehead atoms. The molecule has 2 aliphatic rings. The number of hydrogen-bond acceptors (Lipinski definition) is 2. The van der Waals surface area contributed by atoms with Crippen LogP contribution in [0, 0.1) is 5.92 Å². The molecule has 0 amide bonds. The van der Waals surface area contributed by atoms with Crippen LogP contribution in [0.1, 0.15) is 46.0 Å². The monoisotopic (exact) mass is 170 g/mol. The van der Waals surface area contributed by atoms with E-state index in [9.17, 15) is 5.11 Å². The summed E-state index contributed by atoms with van der Waals surface area (Å²) in [5, 5.41) is 10.0. The van der Waals surface area contributed by atoms with E-state index < -0.39 is 5.79 Å². The standard InChI is InChI=1S/C10H18O2/c1-8-6-9(2)4-3-5-10(11,7-8)12-9/h8,11H,3-7H2,1-2H3/t8?,9-,10+/m0/s1. The van der Waals surface area contributed by atoms with Crippen molar-refractivity contribution in [2.75, 3.05) is 0 Å². The number of ether oxygens (including phenoxy) is 1. The molecular formula is C10H18O2. The lowest BCUT2D eigenvalue weighted by Crippen LogP contribution is -2.52. The van der Waals surface area contributed by atoms with Crippen LogP contribution in [-0.2, 0) is 4.74 Å². The lowest BCUT2D eigenvalue weighted by Gasteiger charge is -2.50. The van der Waals surface area contributed by atoms with Gasteiger partial charge in [0.25, 0.3) is 0 Å². The summed E-state index contributed by atoms with van der Waals surface area (Å²) in [6.07, 6.45) is 4.98. The van der Waals surface area contributed by atoms with Gasteiger partial charge in [-0.25, -0.2) is 0 Å². The average molecular weight is 170 g/mol. The van der Waals surface area contributed by atoms with Crippen molar-refractivity contribution < 1.29 is 9.84 Å². The van der Waals surface area contributed by atoms with E-state index in [4.69, 9.17) is 4.74 Å². The summed E-state index contributed by atoms with van der Waals surface area (Å²) in [7, 11) is 0. The van der Waals surface area contributed by atoms with E-state index in [1.165, 1.54) is 0 Å². The van der Waals surface area contributed by atoms with Crippen LogP contribution in [0.25, 0.3) is 0 Å². The summed E-state index contributed by atoms with van der Waals surface area (Å²) >= 11 is 0. The second kappa shape index (κ2) is 2.46. The van der Waals surface area contributed by atoms with Gasteiger partial charge in [0.15, 0.2) is 5.79 Å². The minimum Gasteiger partial charge on any atom is -0.365 e. The molecule has 2 saturated heterocycles. The van der Waals surface area contributed by atoms with Crippen molar-refractivity contribution >= 4 is 0 Å². The predicted molar refractivity (Wildman–Crippen MR) is 46.7 cm³/mol. The van der Waals surface area contributed by atoms with E-state index in [0.29, 0.717) is 5.92 Å². The van der Waals surface area contributed by atoms with Crippen LogP contribution in [0.15, 0.2) is 0 Å². The van der Waals surface area contributed by atoms with Gasteiger partial charge in [-0.2, -0.15) is 0 Å². The zero-order valence-electron chi connectivity index (χ0n) is 7.97. The predicted octanol–water partition coefficient (Wildman–Crippen LogP) is 2.06. The van der Waals surface area contributed by atoms with Crippen LogP contribution in [-0.4, -0.2) is 16.5 Å². The molecular weight excluding hydrogens is 152 g/mol. The molecule has 2 heterocycles. The van der Waals surface area contributed by atoms with E-state index in [1.807, 2.05) is 0 Å². The minimum absolute atomic E-state index is 0.0370. The van der Waals surface area contributed by atoms with Gasteiger partial charge >= 0.3 is 0 Å². The SMILES string of the molecule is CC1C[C@]2(C)CCC[C@](O)(C1)O2. The molecule has 0 saturated carbocycles. The van der Waals surface area contributed by atoms with Crippen LogP contribution in [0.5, 0.6) is 0 Å². The highest BCUT2D eigenvalue weighted by Gasteiger charge is 2.47. The first-order valence-corrected chi connectivity index (χ1v) is 4.94. The van der Waals surface area contributed by atoms with Gasteiger partial charge in [-0.3, -0.25) is 0 Å². The Labute approximate surface area is 73.9 Å². The highest BCUT2D eigenvalue weighted by Crippen LogP contribution is 2.46. The van der Waals surface area contributed by atoms with E-state index >= 15 is 0 Å². The van der Waals surface area contributed by atoms with Crippen molar-refractivity contribution in [2.24, 2.45) is 5.92 Å². The van der Waals surface area contributed by atoms with Crippen LogP contribution < -0.4 is 0 Å². The first-order valence-electron chi connectivity index (χ1n) is 4.94. The first kappa shape index (κ1) is 8.52. The Morgan fingerprint density at radius 3 is 2.75 bits per heavy atom. The van der Waals surface area contributed by atoms with Gasteiger partial charge in [-0.15, -0.1) is 0 Å². The fourth-order valence-electron chi connectivity index (χ4n) is 2.94. The van der Waals surface area contributed by atoms with E-state index in [-0.39, 0.29) is 5.60 Å². The number of aliphatic hydroxyl groups is 1. The summed E-state index contributed by atoms with van der Waals surface area (Å²) in [5.74, 6) is -0.181. The van der Waals surface area contributed by atoms with Gasteiger partial charge in [-0.05, 0) is 32.1 Å². The summed E-state index contributed by atoms with van der Waals surface area (Å²) in [5.41, 5.74) is -0.0370. The molecule has 0 aliphatic carbocycles. The fourth-order valence-corrected chi connectivity index (χ4v) is 2.94. The van der Waals surface area contributed by atoms with Gasteiger partial charge in [0.2, 0.25) is 0 Å². The smallest absolute Gasteiger partial charge is 0.166 e. The molecule has 3 atom stereocenters. The lowest BCUT2D eigenvalue weighted by atomic mass is 9.76. The van der Waals surface area contributed by atoms with Crippen LogP contribution in [0.2, 0.25) is 0 Å². The average Bonchev–Trinajstić information content (AvgIpc) is 1.79.